The first-order chi connectivity index (χ1) is 21.9. The van der Waals surface area contributed by atoms with E-state index >= 15 is 0 Å². The topological polar surface area (TPSA) is 145 Å². The number of carbonyl (C=O) groups excluding carboxylic acids is 1. The number of pyridine rings is 1. The number of ketones is 1. The first kappa shape index (κ1) is 31.2. The number of H-pyrrole nitrogens is 1. The van der Waals surface area contributed by atoms with E-state index in [1.807, 2.05) is 19.9 Å². The number of ether oxygens (including phenoxy) is 1. The van der Waals surface area contributed by atoms with Crippen LogP contribution in [-0.4, -0.2) is 39.2 Å². The molecule has 0 bridgehead atoms. The Balaban J connectivity index is 1.27. The minimum atomic E-state index is -3.57. The van der Waals surface area contributed by atoms with Crippen molar-refractivity contribution in [1.82, 2.24) is 19.7 Å². The molecule has 1 saturated carbocycles. The van der Waals surface area contributed by atoms with Gasteiger partial charge in [0.25, 0.3) is 0 Å². The van der Waals surface area contributed by atoms with Crippen LogP contribution < -0.4 is 15.2 Å². The molecule has 1 aliphatic carbocycles. The number of hydrogen-bond donors (Lipinski definition) is 3. The number of nitrogens with zero attached hydrogens (tertiary/aromatic N) is 3. The smallest absolute Gasteiger partial charge is 0.235 e. The summed E-state index contributed by atoms with van der Waals surface area (Å²) in [5, 5.41) is 4.63. The number of hydrogen-bond acceptors (Lipinski definition) is 7. The van der Waals surface area contributed by atoms with Crippen LogP contribution in [0.4, 0.5) is 20.3 Å². The third-order valence-electron chi connectivity index (χ3n) is 8.36. The van der Waals surface area contributed by atoms with Gasteiger partial charge >= 0.3 is 0 Å². The summed E-state index contributed by atoms with van der Waals surface area (Å²) in [6.45, 7) is 5.69. The Morgan fingerprint density at radius 3 is 2.48 bits per heavy atom. The van der Waals surface area contributed by atoms with Crippen LogP contribution in [0.3, 0.4) is 0 Å². The molecule has 13 heteroatoms. The minimum absolute atomic E-state index is 0.0239. The zero-order valence-electron chi connectivity index (χ0n) is 25.6. The van der Waals surface area contributed by atoms with Crippen LogP contribution in [0.25, 0.3) is 16.6 Å². The van der Waals surface area contributed by atoms with E-state index in [9.17, 15) is 22.0 Å². The number of rotatable bonds is 9. The average Bonchev–Trinajstić information content (AvgIpc) is 3.61. The fourth-order valence-corrected chi connectivity index (χ4v) is 7.46. The Bertz CT molecular complexity index is 2050. The van der Waals surface area contributed by atoms with Gasteiger partial charge < -0.3 is 15.5 Å². The standard InChI is InChI=1S/C33H34F2N6O4S/c1-18(2)22-13-20-14-28(39-26(20)15-27(22)40-46(43,44)21-8-5-4-6-9-21)31(42)23-16-38-41(33(23)36)29-17-37-30(12-19(29)3)45-32-24(34)10-7-11-25(32)35/h7,10-18,21,39-40H,4-6,8-9,36H2,1-3H3. The van der Waals surface area contributed by atoms with Gasteiger partial charge in [-0.3, -0.25) is 9.52 Å². The molecule has 46 heavy (non-hydrogen) atoms. The fraction of sp³-hybridized carbons (Fsp3) is 0.303. The van der Waals surface area contributed by atoms with Gasteiger partial charge in [-0.15, -0.1) is 0 Å². The van der Waals surface area contributed by atoms with E-state index < -0.39 is 38.4 Å². The summed E-state index contributed by atoms with van der Waals surface area (Å²) >= 11 is 0. The van der Waals surface area contributed by atoms with E-state index in [0.717, 1.165) is 42.3 Å². The van der Waals surface area contributed by atoms with Crippen LogP contribution >= 0.6 is 0 Å². The minimum Gasteiger partial charge on any atom is -0.433 e. The molecule has 1 aliphatic rings. The largest absolute Gasteiger partial charge is 0.433 e. The summed E-state index contributed by atoms with van der Waals surface area (Å²) in [6, 6.07) is 10.2. The molecule has 240 valence electrons. The first-order valence-corrected chi connectivity index (χ1v) is 16.6. The number of nitrogens with one attached hydrogen (secondary N) is 2. The highest BCUT2D eigenvalue weighted by Crippen LogP contribution is 2.34. The van der Waals surface area contributed by atoms with Crippen molar-refractivity contribution in [2.45, 2.75) is 64.0 Å². The van der Waals surface area contributed by atoms with Crippen LogP contribution in [-0.2, 0) is 10.0 Å². The summed E-state index contributed by atoms with van der Waals surface area (Å²) in [4.78, 5) is 20.9. The molecule has 0 amide bonds. The predicted octanol–water partition coefficient (Wildman–Crippen LogP) is 7.14. The molecule has 0 radical (unpaired) electrons. The summed E-state index contributed by atoms with van der Waals surface area (Å²) < 4.78 is 64.1. The Morgan fingerprint density at radius 2 is 1.80 bits per heavy atom. The van der Waals surface area contributed by atoms with Gasteiger partial charge in [0.05, 0.1) is 40.3 Å². The molecular formula is C33H34F2N6O4S. The number of sulfonamides is 1. The first-order valence-electron chi connectivity index (χ1n) is 15.1. The molecule has 0 atom stereocenters. The molecule has 5 aromatic rings. The number of aromatic amines is 1. The third kappa shape index (κ3) is 5.94. The van der Waals surface area contributed by atoms with Gasteiger partial charge in [0, 0.05) is 17.0 Å². The Labute approximate surface area is 265 Å². The van der Waals surface area contributed by atoms with Crippen molar-refractivity contribution in [3.05, 3.63) is 88.9 Å². The van der Waals surface area contributed by atoms with E-state index in [0.29, 0.717) is 35.3 Å². The molecule has 0 saturated heterocycles. The molecule has 0 spiro atoms. The van der Waals surface area contributed by atoms with E-state index in [-0.39, 0.29) is 28.9 Å². The average molecular weight is 649 g/mol. The summed E-state index contributed by atoms with van der Waals surface area (Å²) in [5.74, 6) is -2.65. The zero-order valence-corrected chi connectivity index (χ0v) is 26.4. The second kappa shape index (κ2) is 12.2. The van der Waals surface area contributed by atoms with Gasteiger partial charge in [-0.1, -0.05) is 39.2 Å². The monoisotopic (exact) mass is 648 g/mol. The van der Waals surface area contributed by atoms with Crippen molar-refractivity contribution in [3.8, 4) is 17.3 Å². The quantitative estimate of drug-likeness (QED) is 0.144. The number of nitrogens with two attached hydrogens (primary N) is 1. The highest BCUT2D eigenvalue weighted by Gasteiger charge is 2.29. The van der Waals surface area contributed by atoms with Crippen LogP contribution in [0.5, 0.6) is 11.6 Å². The van der Waals surface area contributed by atoms with Gasteiger partial charge in [0.2, 0.25) is 27.4 Å². The number of aryl methyl sites for hydroxylation is 1. The van der Waals surface area contributed by atoms with Crippen LogP contribution in [0.2, 0.25) is 0 Å². The molecule has 1 fully saturated rings. The maximum Gasteiger partial charge on any atom is 0.235 e. The second-order valence-electron chi connectivity index (χ2n) is 11.9. The van der Waals surface area contributed by atoms with Gasteiger partial charge in [0.1, 0.15) is 5.82 Å². The van der Waals surface area contributed by atoms with Crippen molar-refractivity contribution in [2.75, 3.05) is 10.5 Å². The maximum atomic E-state index is 14.0. The lowest BCUT2D eigenvalue weighted by Crippen LogP contribution is -2.30. The Hall–Kier alpha value is -4.78. The van der Waals surface area contributed by atoms with E-state index in [1.54, 1.807) is 19.1 Å². The fourth-order valence-electron chi connectivity index (χ4n) is 5.85. The van der Waals surface area contributed by atoms with Crippen molar-refractivity contribution in [1.29, 1.82) is 0 Å². The van der Waals surface area contributed by atoms with Gasteiger partial charge in [-0.25, -0.2) is 26.9 Å². The number of anilines is 2. The van der Waals surface area contributed by atoms with Crippen LogP contribution in [0, 0.1) is 18.6 Å². The van der Waals surface area contributed by atoms with Gasteiger partial charge in [-0.05, 0) is 67.1 Å². The van der Waals surface area contributed by atoms with E-state index in [2.05, 4.69) is 19.8 Å². The molecule has 3 aromatic heterocycles. The molecule has 10 nitrogen and oxygen atoms in total. The third-order valence-corrected chi connectivity index (χ3v) is 10.2. The number of benzene rings is 2. The summed E-state index contributed by atoms with van der Waals surface area (Å²) in [6.07, 6.45) is 6.87. The van der Waals surface area contributed by atoms with Crippen molar-refractivity contribution in [3.63, 3.8) is 0 Å². The number of halogens is 2. The molecule has 2 aromatic carbocycles. The van der Waals surface area contributed by atoms with Gasteiger partial charge in [-0.2, -0.15) is 5.10 Å². The summed E-state index contributed by atoms with van der Waals surface area (Å²) in [7, 11) is -3.57. The molecular weight excluding hydrogens is 614 g/mol. The molecule has 4 N–H and O–H groups in total. The van der Waals surface area contributed by atoms with Crippen molar-refractivity contribution in [2.24, 2.45) is 0 Å². The number of nitrogen functional groups attached to an aromatic ring is 1. The highest BCUT2D eigenvalue weighted by molar-refractivity contribution is 7.93. The summed E-state index contributed by atoms with van der Waals surface area (Å²) in [5.41, 5.74) is 9.72. The van der Waals surface area contributed by atoms with Crippen LogP contribution in [0.1, 0.15) is 79.0 Å². The highest BCUT2D eigenvalue weighted by atomic mass is 32.2. The second-order valence-corrected chi connectivity index (χ2v) is 13.9. The number of para-hydroxylation sites is 1. The van der Waals surface area contributed by atoms with Crippen LogP contribution in [0.15, 0.2) is 54.9 Å². The molecule has 0 aliphatic heterocycles. The lowest BCUT2D eigenvalue weighted by atomic mass is 9.99. The van der Waals surface area contributed by atoms with E-state index in [1.165, 1.54) is 29.2 Å². The normalized spacial score (nSPS) is 14.2. The number of aromatic nitrogens is 4. The molecule has 3 heterocycles. The lowest BCUT2D eigenvalue weighted by Gasteiger charge is -2.24. The molecule has 6 rings (SSSR count). The lowest BCUT2D eigenvalue weighted by molar-refractivity contribution is 0.103. The number of carbonyl (C=O) groups is 1. The maximum absolute atomic E-state index is 14.0. The van der Waals surface area contributed by atoms with E-state index in [4.69, 9.17) is 10.5 Å². The Morgan fingerprint density at radius 1 is 1.09 bits per heavy atom. The van der Waals surface area contributed by atoms with Crippen molar-refractivity contribution < 1.29 is 26.7 Å². The Kier molecular flexibility index (Phi) is 8.28. The molecule has 0 unspecified atom stereocenters. The van der Waals surface area contributed by atoms with Crippen molar-refractivity contribution >= 4 is 38.2 Å². The predicted molar refractivity (Wildman–Crippen MR) is 172 cm³/mol. The number of fused-ring (bicyclic) bond motifs is 1. The van der Waals surface area contributed by atoms with Gasteiger partial charge in [0.15, 0.2) is 11.6 Å². The SMILES string of the molecule is Cc1cc(Oc2c(F)cccc2F)ncc1-n1ncc(C(=O)c2cc3cc(C(C)C)c(NS(=O)(=O)C4CCCCC4)cc3[nH]2)c1N. The zero-order chi connectivity index (χ0) is 32.7.